The molecule has 4 aliphatic carbocycles. The van der Waals surface area contributed by atoms with Crippen LogP contribution < -0.4 is 5.32 Å². The molecule has 0 aliphatic heterocycles. The Morgan fingerprint density at radius 1 is 1.20 bits per heavy atom. The molecule has 30 heavy (non-hydrogen) atoms. The van der Waals surface area contributed by atoms with Gasteiger partial charge < -0.3 is 10.4 Å². The number of hydrogen-bond donors (Lipinski definition) is 2. The summed E-state index contributed by atoms with van der Waals surface area (Å²) in [6, 6.07) is 0. The predicted molar refractivity (Wildman–Crippen MR) is 115 cm³/mol. The molecular formula is C25H35NO4. The van der Waals surface area contributed by atoms with Gasteiger partial charge in [0.2, 0.25) is 5.91 Å². The summed E-state index contributed by atoms with van der Waals surface area (Å²) in [5.41, 5.74) is 0.631. The molecule has 1 amide bonds. The quantitative estimate of drug-likeness (QED) is 0.708. The highest BCUT2D eigenvalue weighted by molar-refractivity contribution is 5.90. The van der Waals surface area contributed by atoms with Crippen LogP contribution in [0.3, 0.4) is 0 Å². The molecule has 0 spiro atoms. The van der Waals surface area contributed by atoms with E-state index in [1.54, 1.807) is 0 Å². The molecule has 5 nitrogen and oxygen atoms in total. The van der Waals surface area contributed by atoms with Gasteiger partial charge in [0, 0.05) is 34.8 Å². The summed E-state index contributed by atoms with van der Waals surface area (Å²) in [7, 11) is 0. The smallest absolute Gasteiger partial charge is 0.331 e. The minimum absolute atomic E-state index is 0.0633. The van der Waals surface area contributed by atoms with Crippen molar-refractivity contribution in [3.63, 3.8) is 0 Å². The van der Waals surface area contributed by atoms with E-state index in [0.29, 0.717) is 30.8 Å². The zero-order valence-corrected chi connectivity index (χ0v) is 18.9. The Morgan fingerprint density at radius 3 is 2.53 bits per heavy atom. The monoisotopic (exact) mass is 413 g/mol. The van der Waals surface area contributed by atoms with Crippen molar-refractivity contribution in [3.8, 4) is 0 Å². The average molecular weight is 414 g/mol. The minimum atomic E-state index is -0.855. The lowest BCUT2D eigenvalue weighted by Crippen LogP contribution is -2.56. The van der Waals surface area contributed by atoms with Gasteiger partial charge in [0.25, 0.3) is 0 Å². The van der Waals surface area contributed by atoms with Gasteiger partial charge in [0.15, 0.2) is 0 Å². The van der Waals surface area contributed by atoms with Crippen LogP contribution in [0.1, 0.15) is 73.1 Å². The van der Waals surface area contributed by atoms with Crippen LogP contribution in [0.5, 0.6) is 0 Å². The van der Waals surface area contributed by atoms with Crippen molar-refractivity contribution >= 4 is 17.7 Å². The number of Topliss-reactive ketones (excluding diaryl/α,β-unsaturated/α-hetero) is 1. The van der Waals surface area contributed by atoms with Crippen LogP contribution >= 0.6 is 0 Å². The molecular weight excluding hydrogens is 378 g/mol. The first kappa shape index (κ1) is 21.3. The molecule has 2 fully saturated rings. The summed E-state index contributed by atoms with van der Waals surface area (Å²) in [6.07, 6.45) is 8.32. The lowest BCUT2D eigenvalue weighted by molar-refractivity contribution is -0.146. The maximum atomic E-state index is 13.6. The van der Waals surface area contributed by atoms with Crippen molar-refractivity contribution in [3.05, 3.63) is 23.3 Å². The number of allylic oxidation sites excluding steroid dienone is 3. The number of nitrogens with one attached hydrogen (secondary N) is 1. The van der Waals surface area contributed by atoms with Gasteiger partial charge in [-0.05, 0) is 81.8 Å². The molecule has 0 aromatic heterocycles. The second-order valence-corrected chi connectivity index (χ2v) is 11.6. The standard InChI is InChI=1S/C25H35NO4/c1-23(2,3)26-21(28)18-9-8-17-16-7-6-15-12-14(22(29)30)10-11-24(15,4)20(16)19(27)13-25(17,18)5/h6,12,16-18,20H,7-11,13H2,1-5H3,(H,26,28)(H,29,30)/t16-,17-,18+,20+,24-,25-/m0/s1. The van der Waals surface area contributed by atoms with Gasteiger partial charge in [-0.25, -0.2) is 4.79 Å². The fourth-order valence-corrected chi connectivity index (χ4v) is 7.22. The molecule has 0 bridgehead atoms. The lowest BCUT2D eigenvalue weighted by Gasteiger charge is -2.55. The van der Waals surface area contributed by atoms with Crippen LogP contribution in [0.15, 0.2) is 23.3 Å². The van der Waals surface area contributed by atoms with E-state index in [4.69, 9.17) is 0 Å². The zero-order chi connectivity index (χ0) is 22.1. The highest BCUT2D eigenvalue weighted by Crippen LogP contribution is 2.64. The molecule has 2 N–H and O–H groups in total. The molecule has 0 heterocycles. The van der Waals surface area contributed by atoms with Gasteiger partial charge in [-0.3, -0.25) is 9.59 Å². The summed E-state index contributed by atoms with van der Waals surface area (Å²) in [6.45, 7) is 10.3. The fourth-order valence-electron chi connectivity index (χ4n) is 7.22. The van der Waals surface area contributed by atoms with Crippen LogP contribution in [0.2, 0.25) is 0 Å². The number of carbonyl (C=O) groups excluding carboxylic acids is 2. The van der Waals surface area contributed by atoms with Crippen LogP contribution in [-0.4, -0.2) is 28.3 Å². The Morgan fingerprint density at radius 2 is 1.90 bits per heavy atom. The number of carboxylic acid groups (broad SMARTS) is 1. The largest absolute Gasteiger partial charge is 0.478 e. The summed E-state index contributed by atoms with van der Waals surface area (Å²) < 4.78 is 0. The van der Waals surface area contributed by atoms with Crippen molar-refractivity contribution in [2.24, 2.45) is 34.5 Å². The molecule has 0 aromatic rings. The molecule has 164 valence electrons. The molecule has 6 atom stereocenters. The van der Waals surface area contributed by atoms with Crippen molar-refractivity contribution < 1.29 is 19.5 Å². The Bertz CT molecular complexity index is 863. The number of amides is 1. The Balaban J connectivity index is 1.66. The molecule has 4 rings (SSSR count). The first-order valence-electron chi connectivity index (χ1n) is 11.4. The third-order valence-corrected chi connectivity index (χ3v) is 8.55. The maximum absolute atomic E-state index is 13.6. The lowest BCUT2D eigenvalue weighted by atomic mass is 9.47. The second-order valence-electron chi connectivity index (χ2n) is 11.6. The molecule has 0 unspecified atom stereocenters. The topological polar surface area (TPSA) is 83.5 Å². The van der Waals surface area contributed by atoms with E-state index in [2.05, 4.69) is 25.2 Å². The fraction of sp³-hybridized carbons (Fsp3) is 0.720. The number of fused-ring (bicyclic) bond motifs is 5. The van der Waals surface area contributed by atoms with Crippen molar-refractivity contribution in [2.45, 2.75) is 78.7 Å². The number of ketones is 1. The first-order chi connectivity index (χ1) is 13.9. The van der Waals surface area contributed by atoms with Crippen molar-refractivity contribution in [1.82, 2.24) is 5.32 Å². The molecule has 2 saturated carbocycles. The summed E-state index contributed by atoms with van der Waals surface area (Å²) in [4.78, 5) is 38.2. The highest BCUT2D eigenvalue weighted by atomic mass is 16.4. The Kier molecular flexibility index (Phi) is 4.83. The minimum Gasteiger partial charge on any atom is -0.478 e. The number of carboxylic acids is 1. The summed E-state index contributed by atoms with van der Waals surface area (Å²) in [5.74, 6) is -0.0711. The van der Waals surface area contributed by atoms with E-state index >= 15 is 0 Å². The first-order valence-corrected chi connectivity index (χ1v) is 11.4. The number of hydrogen-bond acceptors (Lipinski definition) is 3. The van der Waals surface area contributed by atoms with E-state index in [0.717, 1.165) is 24.8 Å². The van der Waals surface area contributed by atoms with Gasteiger partial charge in [0.05, 0.1) is 0 Å². The van der Waals surface area contributed by atoms with E-state index in [-0.39, 0.29) is 45.8 Å². The van der Waals surface area contributed by atoms with Gasteiger partial charge in [0.1, 0.15) is 5.78 Å². The van der Waals surface area contributed by atoms with Crippen LogP contribution in [0.25, 0.3) is 0 Å². The zero-order valence-electron chi connectivity index (χ0n) is 18.9. The Hall–Kier alpha value is -1.91. The average Bonchev–Trinajstić information content (AvgIpc) is 2.95. The van der Waals surface area contributed by atoms with Crippen LogP contribution in [0.4, 0.5) is 0 Å². The molecule has 5 heteroatoms. The van der Waals surface area contributed by atoms with Crippen molar-refractivity contribution in [1.29, 1.82) is 0 Å². The normalized spacial score (nSPS) is 40.5. The number of rotatable bonds is 2. The SMILES string of the molecule is CC(C)(C)NC(=O)[C@H]1CC[C@H]2[C@@H]3CC=C4C=C(C(=O)O)CC[C@]4(C)[C@H]3C(=O)C[C@]12C. The second kappa shape index (κ2) is 6.80. The van der Waals surface area contributed by atoms with E-state index in [1.807, 2.05) is 26.8 Å². The third-order valence-electron chi connectivity index (χ3n) is 8.55. The van der Waals surface area contributed by atoms with E-state index in [9.17, 15) is 19.5 Å². The highest BCUT2D eigenvalue weighted by Gasteiger charge is 2.62. The third kappa shape index (κ3) is 3.16. The molecule has 0 aromatic carbocycles. The maximum Gasteiger partial charge on any atom is 0.331 e. The summed E-state index contributed by atoms with van der Waals surface area (Å²) in [5, 5.41) is 12.6. The molecule has 0 radical (unpaired) electrons. The molecule has 4 aliphatic rings. The van der Waals surface area contributed by atoms with Crippen molar-refractivity contribution in [2.75, 3.05) is 0 Å². The van der Waals surface area contributed by atoms with Gasteiger partial charge in [-0.1, -0.05) is 19.9 Å². The Labute approximate surface area is 179 Å². The van der Waals surface area contributed by atoms with Crippen LogP contribution in [-0.2, 0) is 14.4 Å². The summed E-state index contributed by atoms with van der Waals surface area (Å²) >= 11 is 0. The predicted octanol–water partition coefficient (Wildman–Crippen LogP) is 4.28. The van der Waals surface area contributed by atoms with E-state index in [1.165, 1.54) is 0 Å². The van der Waals surface area contributed by atoms with Gasteiger partial charge in [-0.15, -0.1) is 0 Å². The number of aliphatic carboxylic acids is 1. The molecule has 0 saturated heterocycles. The van der Waals surface area contributed by atoms with E-state index < -0.39 is 5.97 Å². The van der Waals surface area contributed by atoms with Gasteiger partial charge in [-0.2, -0.15) is 0 Å². The van der Waals surface area contributed by atoms with Crippen LogP contribution in [0, 0.1) is 34.5 Å². The number of carbonyl (C=O) groups is 3. The van der Waals surface area contributed by atoms with Gasteiger partial charge >= 0.3 is 5.97 Å².